The van der Waals surface area contributed by atoms with E-state index in [9.17, 15) is 4.79 Å². The molecule has 0 radical (unpaired) electrons. The Morgan fingerprint density at radius 2 is 2.00 bits per heavy atom. The lowest BCUT2D eigenvalue weighted by atomic mass is 10.2. The van der Waals surface area contributed by atoms with E-state index < -0.39 is 0 Å². The first-order valence-electron chi connectivity index (χ1n) is 8.02. The standard InChI is InChI=1S/C18H18ClN5O2S/c1-11-14(19)4-3-5-15(11)21-16(25)10-27-18-23-22-17(24(18)20)12-6-8-13(26-2)9-7-12/h3-9H,10,20H2,1-2H3,(H,21,25). The van der Waals surface area contributed by atoms with Gasteiger partial charge in [0, 0.05) is 16.3 Å². The fourth-order valence-corrected chi connectivity index (χ4v) is 3.20. The maximum Gasteiger partial charge on any atom is 0.234 e. The topological polar surface area (TPSA) is 95.1 Å². The number of anilines is 1. The molecule has 0 unspecified atom stereocenters. The summed E-state index contributed by atoms with van der Waals surface area (Å²) >= 11 is 7.27. The number of halogens is 1. The van der Waals surface area contributed by atoms with Crippen LogP contribution in [0.25, 0.3) is 11.4 Å². The number of nitrogens with zero attached hydrogens (tertiary/aromatic N) is 3. The normalized spacial score (nSPS) is 10.6. The van der Waals surface area contributed by atoms with Gasteiger partial charge in [-0.05, 0) is 48.9 Å². The van der Waals surface area contributed by atoms with Crippen molar-refractivity contribution in [2.24, 2.45) is 0 Å². The van der Waals surface area contributed by atoms with Gasteiger partial charge in [-0.15, -0.1) is 10.2 Å². The Morgan fingerprint density at radius 3 is 2.70 bits per heavy atom. The molecule has 0 saturated carbocycles. The van der Waals surface area contributed by atoms with Gasteiger partial charge in [0.2, 0.25) is 11.1 Å². The predicted molar refractivity (Wildman–Crippen MR) is 108 cm³/mol. The van der Waals surface area contributed by atoms with Gasteiger partial charge >= 0.3 is 0 Å². The van der Waals surface area contributed by atoms with Gasteiger partial charge in [0.05, 0.1) is 12.9 Å². The van der Waals surface area contributed by atoms with Crippen LogP contribution in [0, 0.1) is 6.92 Å². The van der Waals surface area contributed by atoms with Crippen LogP contribution in [0.2, 0.25) is 5.02 Å². The summed E-state index contributed by atoms with van der Waals surface area (Å²) in [7, 11) is 1.60. The molecule has 0 aliphatic heterocycles. The number of hydrogen-bond acceptors (Lipinski definition) is 6. The second-order valence-electron chi connectivity index (χ2n) is 5.65. The number of hydrogen-bond donors (Lipinski definition) is 2. The number of carbonyl (C=O) groups excluding carboxylic acids is 1. The Balaban J connectivity index is 1.65. The van der Waals surface area contributed by atoms with Crippen molar-refractivity contribution in [2.75, 3.05) is 24.0 Å². The number of rotatable bonds is 6. The van der Waals surface area contributed by atoms with E-state index >= 15 is 0 Å². The van der Waals surface area contributed by atoms with Gasteiger partial charge < -0.3 is 15.9 Å². The molecule has 3 N–H and O–H groups in total. The summed E-state index contributed by atoms with van der Waals surface area (Å²) in [6.07, 6.45) is 0. The van der Waals surface area contributed by atoms with Crippen LogP contribution in [-0.4, -0.2) is 33.6 Å². The van der Waals surface area contributed by atoms with Crippen LogP contribution in [0.5, 0.6) is 5.75 Å². The number of amides is 1. The Hall–Kier alpha value is -2.71. The molecule has 3 aromatic rings. The van der Waals surface area contributed by atoms with Crippen molar-refractivity contribution in [1.29, 1.82) is 0 Å². The quantitative estimate of drug-likeness (QED) is 0.484. The first-order chi connectivity index (χ1) is 13.0. The zero-order valence-corrected chi connectivity index (χ0v) is 16.3. The molecule has 1 amide bonds. The molecule has 0 fully saturated rings. The van der Waals surface area contributed by atoms with Crippen molar-refractivity contribution in [3.05, 3.63) is 53.1 Å². The lowest BCUT2D eigenvalue weighted by Crippen LogP contribution is -2.17. The van der Waals surface area contributed by atoms with Gasteiger partial charge in [-0.2, -0.15) is 0 Å². The van der Waals surface area contributed by atoms with Gasteiger partial charge in [0.25, 0.3) is 0 Å². The van der Waals surface area contributed by atoms with E-state index in [-0.39, 0.29) is 11.7 Å². The third-order valence-corrected chi connectivity index (χ3v) is 5.24. The average molecular weight is 404 g/mol. The maximum absolute atomic E-state index is 12.2. The Bertz CT molecular complexity index is 959. The minimum Gasteiger partial charge on any atom is -0.497 e. The molecule has 0 saturated heterocycles. The second-order valence-corrected chi connectivity index (χ2v) is 7.00. The van der Waals surface area contributed by atoms with Gasteiger partial charge in [-0.25, -0.2) is 4.68 Å². The molecule has 1 heterocycles. The lowest BCUT2D eigenvalue weighted by molar-refractivity contribution is -0.113. The number of aromatic nitrogens is 3. The van der Waals surface area contributed by atoms with Gasteiger partial charge in [-0.1, -0.05) is 29.4 Å². The predicted octanol–water partition coefficient (Wildman–Crippen LogP) is 3.36. The molecule has 0 aliphatic rings. The van der Waals surface area contributed by atoms with Crippen molar-refractivity contribution in [1.82, 2.24) is 14.9 Å². The lowest BCUT2D eigenvalue weighted by Gasteiger charge is -2.09. The highest BCUT2D eigenvalue weighted by molar-refractivity contribution is 7.99. The summed E-state index contributed by atoms with van der Waals surface area (Å²) in [6, 6.07) is 12.7. The summed E-state index contributed by atoms with van der Waals surface area (Å²) in [6.45, 7) is 1.85. The van der Waals surface area contributed by atoms with Crippen LogP contribution in [0.1, 0.15) is 5.56 Å². The number of nitrogens with one attached hydrogen (secondary N) is 1. The van der Waals surface area contributed by atoms with Gasteiger partial charge in [-0.3, -0.25) is 4.79 Å². The SMILES string of the molecule is COc1ccc(-c2nnc(SCC(=O)Nc3cccc(Cl)c3C)n2N)cc1. The first-order valence-corrected chi connectivity index (χ1v) is 9.38. The van der Waals surface area contributed by atoms with E-state index in [1.807, 2.05) is 31.2 Å². The minimum atomic E-state index is -0.181. The number of methoxy groups -OCH3 is 1. The highest BCUT2D eigenvalue weighted by Gasteiger charge is 2.14. The van der Waals surface area contributed by atoms with Crippen LogP contribution in [0.15, 0.2) is 47.6 Å². The zero-order chi connectivity index (χ0) is 19.4. The molecule has 27 heavy (non-hydrogen) atoms. The smallest absolute Gasteiger partial charge is 0.234 e. The highest BCUT2D eigenvalue weighted by Crippen LogP contribution is 2.25. The third kappa shape index (κ3) is 4.35. The molecule has 0 spiro atoms. The molecular formula is C18H18ClN5O2S. The number of nitrogens with two attached hydrogens (primary N) is 1. The number of carbonyl (C=O) groups is 1. The summed E-state index contributed by atoms with van der Waals surface area (Å²) in [5.74, 6) is 7.29. The molecule has 1 aromatic heterocycles. The highest BCUT2D eigenvalue weighted by atomic mass is 35.5. The first kappa shape index (κ1) is 19.1. The van der Waals surface area contributed by atoms with Crippen LogP contribution in [-0.2, 0) is 4.79 Å². The maximum atomic E-state index is 12.2. The van der Waals surface area contributed by atoms with E-state index in [0.717, 1.165) is 16.9 Å². The van der Waals surface area contributed by atoms with Crippen LogP contribution in [0.3, 0.4) is 0 Å². The summed E-state index contributed by atoms with van der Waals surface area (Å²) in [5.41, 5.74) is 2.30. The van der Waals surface area contributed by atoms with Crippen LogP contribution in [0.4, 0.5) is 5.69 Å². The number of thioether (sulfide) groups is 1. The van der Waals surface area contributed by atoms with Crippen molar-refractivity contribution < 1.29 is 9.53 Å². The second kappa shape index (κ2) is 8.32. The number of benzene rings is 2. The monoisotopic (exact) mass is 403 g/mol. The zero-order valence-electron chi connectivity index (χ0n) is 14.8. The third-order valence-electron chi connectivity index (χ3n) is 3.89. The van der Waals surface area contributed by atoms with Crippen molar-refractivity contribution >= 4 is 35.0 Å². The van der Waals surface area contributed by atoms with Crippen LogP contribution >= 0.6 is 23.4 Å². The van der Waals surface area contributed by atoms with Gasteiger partial charge in [0.1, 0.15) is 5.75 Å². The fourth-order valence-electron chi connectivity index (χ4n) is 2.37. The minimum absolute atomic E-state index is 0.143. The molecule has 0 atom stereocenters. The number of nitrogen functional groups attached to an aromatic ring is 1. The van der Waals surface area contributed by atoms with Gasteiger partial charge in [0.15, 0.2) is 5.82 Å². The number of ether oxygens (including phenoxy) is 1. The molecule has 7 nitrogen and oxygen atoms in total. The summed E-state index contributed by atoms with van der Waals surface area (Å²) in [4.78, 5) is 12.2. The molecule has 0 bridgehead atoms. The molecule has 9 heteroatoms. The summed E-state index contributed by atoms with van der Waals surface area (Å²) in [5, 5.41) is 12.1. The average Bonchev–Trinajstić information content (AvgIpc) is 3.04. The Kier molecular flexibility index (Phi) is 5.88. The van der Waals surface area contributed by atoms with Crippen molar-refractivity contribution in [2.45, 2.75) is 12.1 Å². The van der Waals surface area contributed by atoms with E-state index in [1.54, 1.807) is 25.3 Å². The molecule has 0 aliphatic carbocycles. The van der Waals surface area contributed by atoms with E-state index in [1.165, 1.54) is 16.4 Å². The Labute approximate surface area is 165 Å². The van der Waals surface area contributed by atoms with E-state index in [4.69, 9.17) is 22.2 Å². The van der Waals surface area contributed by atoms with Crippen molar-refractivity contribution in [3.8, 4) is 17.1 Å². The van der Waals surface area contributed by atoms with E-state index in [0.29, 0.717) is 21.7 Å². The van der Waals surface area contributed by atoms with Crippen molar-refractivity contribution in [3.63, 3.8) is 0 Å². The molecule has 2 aromatic carbocycles. The largest absolute Gasteiger partial charge is 0.497 e. The van der Waals surface area contributed by atoms with Crippen LogP contribution < -0.4 is 15.9 Å². The van der Waals surface area contributed by atoms with E-state index in [2.05, 4.69) is 15.5 Å². The fraction of sp³-hybridized carbons (Fsp3) is 0.167. The molecule has 3 rings (SSSR count). The molecular weight excluding hydrogens is 386 g/mol. The molecule has 140 valence electrons. The Morgan fingerprint density at radius 1 is 1.26 bits per heavy atom. The summed E-state index contributed by atoms with van der Waals surface area (Å²) < 4.78 is 6.50.